The summed E-state index contributed by atoms with van der Waals surface area (Å²) in [6, 6.07) is 0. The van der Waals surface area contributed by atoms with Gasteiger partial charge in [-0.1, -0.05) is 308 Å². The van der Waals surface area contributed by atoms with Gasteiger partial charge in [-0.2, -0.15) is 0 Å². The first-order valence-electron chi connectivity index (χ1n) is 36.3. The van der Waals surface area contributed by atoms with E-state index in [0.29, 0.717) is 23.9 Å². The zero-order valence-corrected chi connectivity index (χ0v) is 58.0. The monoisotopic (exact) mass is 1240 g/mol. The van der Waals surface area contributed by atoms with Crippen molar-refractivity contribution in [2.24, 2.45) is 0 Å². The molecule has 1 N–H and O–H groups in total. The van der Waals surface area contributed by atoms with Crippen LogP contribution in [-0.2, 0) is 33.3 Å². The van der Waals surface area contributed by atoms with E-state index < -0.39 is 24.3 Å². The standard InChI is InChI=1S/C80H135NO8/c1-6-8-10-12-14-16-18-20-22-24-26-28-30-32-34-36-37-38-39-40-41-43-44-46-48-50-52-54-56-58-60-62-64-66-68-70-77(82)87-74-76(75-88-80(79(84)85)86-73-72-81(3,4)5)89-78(83)71-69-67-65-63-61-59-57-55-53-51-49-47-45-42-35-33-31-29-27-25-23-21-19-17-15-13-11-9-7-2/h8-11,14-17,20-23,26-29,33,35,45,47,51,53,76,80H,6-7,12-13,18-19,24-25,30-32,34,36-44,46,48-50,52,54-75H2,1-5H3/p+1/b10-8-,11-9-,16-14-,17-15-,22-20-,23-21-,28-26-,29-27-,35-33-,47-45-,53-51-. The number of allylic oxidation sites excluding steroid dienone is 22. The van der Waals surface area contributed by atoms with Crippen molar-refractivity contribution in [2.45, 2.75) is 309 Å². The number of carbonyl (C=O) groups is 3. The second kappa shape index (κ2) is 69.3. The smallest absolute Gasteiger partial charge is 0.361 e. The number of likely N-dealkylation sites (N-methyl/N-ethyl adjacent to an activating group) is 1. The van der Waals surface area contributed by atoms with Crippen LogP contribution in [0.15, 0.2) is 134 Å². The van der Waals surface area contributed by atoms with Gasteiger partial charge in [0.25, 0.3) is 6.29 Å². The summed E-state index contributed by atoms with van der Waals surface area (Å²) in [5, 5.41) is 9.76. The molecule has 0 bridgehead atoms. The predicted octanol–water partition coefficient (Wildman–Crippen LogP) is 22.9. The molecular weight excluding hydrogens is 1100 g/mol. The van der Waals surface area contributed by atoms with Crippen LogP contribution in [0.2, 0.25) is 0 Å². The normalized spacial score (nSPS) is 13.5. The summed E-state index contributed by atoms with van der Waals surface area (Å²) in [4.78, 5) is 37.7. The summed E-state index contributed by atoms with van der Waals surface area (Å²) >= 11 is 0. The average Bonchev–Trinajstić information content (AvgIpc) is 3.71. The van der Waals surface area contributed by atoms with Crippen LogP contribution < -0.4 is 0 Å². The Morgan fingerprint density at radius 3 is 0.899 bits per heavy atom. The van der Waals surface area contributed by atoms with Crippen LogP contribution in [-0.4, -0.2) is 87.4 Å². The molecule has 0 aromatic carbocycles. The Morgan fingerprint density at radius 1 is 0.337 bits per heavy atom. The van der Waals surface area contributed by atoms with Crippen molar-refractivity contribution in [1.82, 2.24) is 0 Å². The molecule has 0 saturated heterocycles. The Kier molecular flexibility index (Phi) is 65.8. The first kappa shape index (κ1) is 84.4. The number of hydrogen-bond donors (Lipinski definition) is 1. The van der Waals surface area contributed by atoms with Crippen LogP contribution >= 0.6 is 0 Å². The zero-order valence-electron chi connectivity index (χ0n) is 58.0. The quantitative estimate of drug-likeness (QED) is 0.0211. The van der Waals surface area contributed by atoms with Crippen LogP contribution in [0.3, 0.4) is 0 Å². The molecule has 0 aromatic heterocycles. The van der Waals surface area contributed by atoms with Gasteiger partial charge in [-0.15, -0.1) is 0 Å². The second-order valence-corrected chi connectivity index (χ2v) is 25.1. The highest BCUT2D eigenvalue weighted by Gasteiger charge is 2.25. The van der Waals surface area contributed by atoms with Crippen LogP contribution in [0.1, 0.15) is 296 Å². The lowest BCUT2D eigenvalue weighted by Crippen LogP contribution is -2.40. The van der Waals surface area contributed by atoms with Crippen LogP contribution in [0.5, 0.6) is 0 Å². The highest BCUT2D eigenvalue weighted by molar-refractivity contribution is 5.71. The molecule has 508 valence electrons. The number of hydrogen-bond acceptors (Lipinski definition) is 7. The second-order valence-electron chi connectivity index (χ2n) is 25.1. The highest BCUT2D eigenvalue weighted by Crippen LogP contribution is 2.17. The fraction of sp³-hybridized carbons (Fsp3) is 0.688. The van der Waals surface area contributed by atoms with E-state index >= 15 is 0 Å². The summed E-state index contributed by atoms with van der Waals surface area (Å²) in [7, 11) is 5.97. The van der Waals surface area contributed by atoms with E-state index in [0.717, 1.165) is 116 Å². The molecule has 0 aliphatic heterocycles. The maximum atomic E-state index is 13.0. The van der Waals surface area contributed by atoms with E-state index in [1.54, 1.807) is 0 Å². The van der Waals surface area contributed by atoms with E-state index in [1.165, 1.54) is 148 Å². The molecular formula is C80H136NO8+. The molecule has 0 fully saturated rings. The number of carboxylic acid groups (broad SMARTS) is 1. The van der Waals surface area contributed by atoms with E-state index in [1.807, 2.05) is 21.1 Å². The molecule has 0 amide bonds. The van der Waals surface area contributed by atoms with Crippen molar-refractivity contribution >= 4 is 17.9 Å². The lowest BCUT2D eigenvalue weighted by molar-refractivity contribution is -0.870. The van der Waals surface area contributed by atoms with Gasteiger partial charge in [-0.3, -0.25) is 9.59 Å². The van der Waals surface area contributed by atoms with Crippen LogP contribution in [0, 0.1) is 0 Å². The molecule has 0 spiro atoms. The van der Waals surface area contributed by atoms with E-state index in [2.05, 4.69) is 148 Å². The van der Waals surface area contributed by atoms with Crippen molar-refractivity contribution in [3.63, 3.8) is 0 Å². The number of aliphatic carboxylic acids is 1. The number of unbranched alkanes of at least 4 members (excludes halogenated alkanes) is 29. The van der Waals surface area contributed by atoms with Crippen molar-refractivity contribution < 1.29 is 42.9 Å². The number of rotatable bonds is 66. The largest absolute Gasteiger partial charge is 0.477 e. The minimum absolute atomic E-state index is 0.180. The van der Waals surface area contributed by atoms with Gasteiger partial charge in [0.2, 0.25) is 0 Å². The van der Waals surface area contributed by atoms with E-state index in [4.69, 9.17) is 18.9 Å². The molecule has 0 aliphatic rings. The topological polar surface area (TPSA) is 108 Å². The van der Waals surface area contributed by atoms with Gasteiger partial charge >= 0.3 is 17.9 Å². The summed E-state index contributed by atoms with van der Waals surface area (Å²) in [5.41, 5.74) is 0. The molecule has 0 saturated carbocycles. The Morgan fingerprint density at radius 2 is 0.607 bits per heavy atom. The van der Waals surface area contributed by atoms with Crippen molar-refractivity contribution in [3.8, 4) is 0 Å². The SMILES string of the molecule is CC/C=C\C/C=C\C/C=C\C/C=C\C/C=C\C/C=C\C/C=C\CCCCCCCCCC(=O)OC(COC(=O)CCCCCCCCCCCCCCCCCCCCCCCC/C=C\C/C=C\C/C=C\C/C=C\CC)COC(OCC[N+](C)(C)C)C(=O)O. The van der Waals surface area contributed by atoms with Gasteiger partial charge in [0.15, 0.2) is 6.10 Å². The Balaban J connectivity index is 4.11. The average molecular weight is 1240 g/mol. The fourth-order valence-corrected chi connectivity index (χ4v) is 9.93. The highest BCUT2D eigenvalue weighted by atomic mass is 16.7. The Hall–Kier alpha value is -4.57. The Labute approximate surface area is 548 Å². The summed E-state index contributed by atoms with van der Waals surface area (Å²) in [6.07, 6.45) is 97.2. The van der Waals surface area contributed by atoms with Gasteiger partial charge in [-0.25, -0.2) is 4.79 Å². The van der Waals surface area contributed by atoms with Gasteiger partial charge in [0.05, 0.1) is 34.4 Å². The lowest BCUT2D eigenvalue weighted by Gasteiger charge is -2.25. The minimum atomic E-state index is -1.52. The molecule has 0 rings (SSSR count). The van der Waals surface area contributed by atoms with Gasteiger partial charge in [0, 0.05) is 12.8 Å². The van der Waals surface area contributed by atoms with Crippen molar-refractivity contribution in [2.75, 3.05) is 47.5 Å². The third kappa shape index (κ3) is 70.7. The summed E-state index contributed by atoms with van der Waals surface area (Å²) in [6.45, 7) is 4.65. The van der Waals surface area contributed by atoms with Crippen molar-refractivity contribution in [3.05, 3.63) is 134 Å². The van der Waals surface area contributed by atoms with Gasteiger partial charge in [0.1, 0.15) is 13.2 Å². The molecule has 9 nitrogen and oxygen atoms in total. The first-order valence-corrected chi connectivity index (χ1v) is 36.3. The number of quaternary nitrogens is 1. The van der Waals surface area contributed by atoms with Crippen LogP contribution in [0.25, 0.3) is 0 Å². The lowest BCUT2D eigenvalue weighted by atomic mass is 10.0. The number of esters is 2. The zero-order chi connectivity index (χ0) is 64.7. The van der Waals surface area contributed by atoms with E-state index in [9.17, 15) is 19.5 Å². The molecule has 0 aromatic rings. The third-order valence-electron chi connectivity index (χ3n) is 15.4. The summed E-state index contributed by atoms with van der Waals surface area (Å²) < 4.78 is 23.0. The number of ether oxygens (including phenoxy) is 4. The maximum absolute atomic E-state index is 13.0. The molecule has 2 atom stereocenters. The van der Waals surface area contributed by atoms with Gasteiger partial charge < -0.3 is 28.5 Å². The molecule has 0 radical (unpaired) electrons. The summed E-state index contributed by atoms with van der Waals surface area (Å²) in [5.74, 6) is -2.02. The van der Waals surface area contributed by atoms with E-state index in [-0.39, 0.29) is 32.2 Å². The predicted molar refractivity (Wildman–Crippen MR) is 382 cm³/mol. The minimum Gasteiger partial charge on any atom is -0.477 e. The number of carbonyl (C=O) groups excluding carboxylic acids is 2. The van der Waals surface area contributed by atoms with Gasteiger partial charge in [-0.05, 0) is 109 Å². The molecule has 2 unspecified atom stereocenters. The molecule has 89 heavy (non-hydrogen) atoms. The number of carboxylic acids is 1. The molecule has 0 aliphatic carbocycles. The molecule has 9 heteroatoms. The van der Waals surface area contributed by atoms with Crippen molar-refractivity contribution in [1.29, 1.82) is 0 Å². The number of nitrogens with zero attached hydrogens (tertiary/aromatic N) is 1. The third-order valence-corrected chi connectivity index (χ3v) is 15.4. The fourth-order valence-electron chi connectivity index (χ4n) is 9.93. The Bertz CT molecular complexity index is 1930. The molecule has 0 heterocycles. The first-order chi connectivity index (χ1) is 43.6. The maximum Gasteiger partial charge on any atom is 0.361 e. The van der Waals surface area contributed by atoms with Crippen LogP contribution in [0.4, 0.5) is 0 Å².